The minimum Gasteiger partial charge on any atom is -0.382 e. The number of rotatable bonds is 2. The summed E-state index contributed by atoms with van der Waals surface area (Å²) in [5, 5.41) is 10.7. The fourth-order valence-electron chi connectivity index (χ4n) is 4.10. The van der Waals surface area contributed by atoms with Gasteiger partial charge in [-0.1, -0.05) is 39.5 Å². The van der Waals surface area contributed by atoms with Crippen molar-refractivity contribution in [1.82, 2.24) is 0 Å². The third kappa shape index (κ3) is 3.14. The molecule has 18 heavy (non-hydrogen) atoms. The van der Waals surface area contributed by atoms with Crippen LogP contribution in [-0.4, -0.2) is 16.5 Å². The van der Waals surface area contributed by atoms with Crippen molar-refractivity contribution in [3.05, 3.63) is 0 Å². The molecule has 2 saturated carbocycles. The van der Waals surface area contributed by atoms with E-state index in [1.807, 2.05) is 0 Å². The van der Waals surface area contributed by atoms with E-state index in [9.17, 15) is 9.90 Å². The molecular weight excluding hydrogens is 224 g/mol. The third-order valence-electron chi connectivity index (χ3n) is 4.94. The molecule has 2 aliphatic carbocycles. The van der Waals surface area contributed by atoms with E-state index in [0.29, 0.717) is 24.7 Å². The standard InChI is InChI=1S/C16H28O2/c1-12-9-13(2)11-14(10-12)15(17)16(18)7-5-3-4-6-8-16/h12-14,18H,3-11H2,1-2H3. The normalized spacial score (nSPS) is 36.9. The maximum atomic E-state index is 12.7. The van der Waals surface area contributed by atoms with Crippen LogP contribution in [0.5, 0.6) is 0 Å². The summed E-state index contributed by atoms with van der Waals surface area (Å²) in [6.45, 7) is 4.49. The second kappa shape index (κ2) is 5.73. The van der Waals surface area contributed by atoms with Crippen LogP contribution in [0.4, 0.5) is 0 Å². The Morgan fingerprint density at radius 3 is 1.94 bits per heavy atom. The lowest BCUT2D eigenvalue weighted by Crippen LogP contribution is -2.44. The van der Waals surface area contributed by atoms with Gasteiger partial charge in [0, 0.05) is 5.92 Å². The van der Waals surface area contributed by atoms with Crippen LogP contribution in [0.2, 0.25) is 0 Å². The van der Waals surface area contributed by atoms with Gasteiger partial charge in [-0.2, -0.15) is 0 Å². The van der Waals surface area contributed by atoms with Crippen molar-refractivity contribution in [1.29, 1.82) is 0 Å². The van der Waals surface area contributed by atoms with E-state index >= 15 is 0 Å². The lowest BCUT2D eigenvalue weighted by Gasteiger charge is -2.35. The van der Waals surface area contributed by atoms with Crippen molar-refractivity contribution in [2.24, 2.45) is 17.8 Å². The second-order valence-electron chi connectivity index (χ2n) is 6.92. The lowest BCUT2D eigenvalue weighted by atomic mass is 9.70. The molecule has 2 unspecified atom stereocenters. The summed E-state index contributed by atoms with van der Waals surface area (Å²) in [4.78, 5) is 12.7. The van der Waals surface area contributed by atoms with Crippen LogP contribution in [0.25, 0.3) is 0 Å². The largest absolute Gasteiger partial charge is 0.382 e. The Morgan fingerprint density at radius 1 is 0.944 bits per heavy atom. The van der Waals surface area contributed by atoms with Crippen LogP contribution in [0, 0.1) is 17.8 Å². The highest BCUT2D eigenvalue weighted by atomic mass is 16.3. The topological polar surface area (TPSA) is 37.3 Å². The summed E-state index contributed by atoms with van der Waals surface area (Å²) in [6, 6.07) is 0. The number of ketones is 1. The van der Waals surface area contributed by atoms with E-state index in [1.165, 1.54) is 19.3 Å². The van der Waals surface area contributed by atoms with Gasteiger partial charge in [-0.25, -0.2) is 0 Å². The first-order chi connectivity index (χ1) is 8.51. The summed E-state index contributed by atoms with van der Waals surface area (Å²) >= 11 is 0. The Labute approximate surface area is 111 Å². The maximum absolute atomic E-state index is 12.7. The van der Waals surface area contributed by atoms with Crippen molar-refractivity contribution in [3.8, 4) is 0 Å². The summed E-state index contributed by atoms with van der Waals surface area (Å²) in [5.74, 6) is 1.56. The van der Waals surface area contributed by atoms with Crippen LogP contribution in [-0.2, 0) is 4.79 Å². The lowest BCUT2D eigenvalue weighted by molar-refractivity contribution is -0.145. The SMILES string of the molecule is CC1CC(C)CC(C(=O)C2(O)CCCCCC2)C1. The Balaban J connectivity index is 2.04. The fourth-order valence-corrected chi connectivity index (χ4v) is 4.10. The molecule has 104 valence electrons. The first-order valence-electron chi connectivity index (χ1n) is 7.78. The van der Waals surface area contributed by atoms with Gasteiger partial charge in [0.25, 0.3) is 0 Å². The van der Waals surface area contributed by atoms with Gasteiger partial charge < -0.3 is 5.11 Å². The van der Waals surface area contributed by atoms with Gasteiger partial charge >= 0.3 is 0 Å². The Kier molecular flexibility index (Phi) is 4.47. The molecule has 0 saturated heterocycles. The molecule has 0 bridgehead atoms. The highest BCUT2D eigenvalue weighted by Gasteiger charge is 2.41. The molecule has 0 aromatic rings. The molecule has 2 atom stereocenters. The van der Waals surface area contributed by atoms with Gasteiger partial charge in [-0.3, -0.25) is 4.79 Å². The minimum absolute atomic E-state index is 0.117. The molecular formula is C16H28O2. The maximum Gasteiger partial charge on any atom is 0.167 e. The van der Waals surface area contributed by atoms with Crippen molar-refractivity contribution >= 4 is 5.78 Å². The zero-order valence-corrected chi connectivity index (χ0v) is 12.0. The van der Waals surface area contributed by atoms with Crippen molar-refractivity contribution in [3.63, 3.8) is 0 Å². The van der Waals surface area contributed by atoms with E-state index < -0.39 is 5.60 Å². The molecule has 2 nitrogen and oxygen atoms in total. The molecule has 2 rings (SSSR count). The number of Topliss-reactive ketones (excluding diaryl/α,β-unsaturated/α-hetero) is 1. The number of aliphatic hydroxyl groups is 1. The van der Waals surface area contributed by atoms with Crippen LogP contribution in [0.1, 0.15) is 71.6 Å². The summed E-state index contributed by atoms with van der Waals surface area (Å²) in [5.41, 5.74) is -0.988. The summed E-state index contributed by atoms with van der Waals surface area (Å²) < 4.78 is 0. The molecule has 0 aromatic heterocycles. The van der Waals surface area contributed by atoms with Gasteiger partial charge in [0.2, 0.25) is 0 Å². The third-order valence-corrected chi connectivity index (χ3v) is 4.94. The molecule has 0 spiro atoms. The Hall–Kier alpha value is -0.370. The molecule has 0 amide bonds. The van der Waals surface area contributed by atoms with Crippen LogP contribution < -0.4 is 0 Å². The van der Waals surface area contributed by atoms with E-state index in [0.717, 1.165) is 25.7 Å². The molecule has 0 aromatic carbocycles. The van der Waals surface area contributed by atoms with E-state index in [1.54, 1.807) is 0 Å². The highest BCUT2D eigenvalue weighted by Crippen LogP contribution is 2.38. The minimum atomic E-state index is -0.988. The first-order valence-corrected chi connectivity index (χ1v) is 7.78. The summed E-state index contributed by atoms with van der Waals surface area (Å²) in [7, 11) is 0. The average molecular weight is 252 g/mol. The quantitative estimate of drug-likeness (QED) is 0.761. The second-order valence-corrected chi connectivity index (χ2v) is 6.92. The van der Waals surface area contributed by atoms with Gasteiger partial charge in [0.1, 0.15) is 5.60 Å². The van der Waals surface area contributed by atoms with Crippen molar-refractivity contribution < 1.29 is 9.90 Å². The van der Waals surface area contributed by atoms with Crippen molar-refractivity contribution in [2.75, 3.05) is 0 Å². The smallest absolute Gasteiger partial charge is 0.167 e. The van der Waals surface area contributed by atoms with Gasteiger partial charge in [0.15, 0.2) is 5.78 Å². The number of carbonyl (C=O) groups excluding carboxylic acids is 1. The van der Waals surface area contributed by atoms with Crippen LogP contribution in [0.3, 0.4) is 0 Å². The molecule has 0 radical (unpaired) electrons. The van der Waals surface area contributed by atoms with Crippen molar-refractivity contribution in [2.45, 2.75) is 77.2 Å². The van der Waals surface area contributed by atoms with Crippen LogP contribution >= 0.6 is 0 Å². The number of hydrogen-bond acceptors (Lipinski definition) is 2. The monoisotopic (exact) mass is 252 g/mol. The number of carbonyl (C=O) groups is 1. The molecule has 2 fully saturated rings. The predicted octanol–water partition coefficient (Wildman–Crippen LogP) is 3.71. The van der Waals surface area contributed by atoms with Gasteiger partial charge in [-0.15, -0.1) is 0 Å². The zero-order chi connectivity index (χ0) is 13.2. The molecule has 1 N–H and O–H groups in total. The van der Waals surface area contributed by atoms with E-state index in [-0.39, 0.29) is 11.7 Å². The van der Waals surface area contributed by atoms with E-state index in [2.05, 4.69) is 13.8 Å². The summed E-state index contributed by atoms with van der Waals surface area (Å²) in [6.07, 6.45) is 9.00. The molecule has 2 aliphatic rings. The Bertz CT molecular complexity index is 279. The predicted molar refractivity (Wildman–Crippen MR) is 73.3 cm³/mol. The molecule has 2 heteroatoms. The first kappa shape index (κ1) is 14.0. The van der Waals surface area contributed by atoms with Gasteiger partial charge in [-0.05, 0) is 43.9 Å². The Morgan fingerprint density at radius 2 is 1.44 bits per heavy atom. The number of hydrogen-bond donors (Lipinski definition) is 1. The van der Waals surface area contributed by atoms with Crippen LogP contribution in [0.15, 0.2) is 0 Å². The molecule has 0 aliphatic heterocycles. The fraction of sp³-hybridized carbons (Fsp3) is 0.938. The van der Waals surface area contributed by atoms with E-state index in [4.69, 9.17) is 0 Å². The molecule has 0 heterocycles. The zero-order valence-electron chi connectivity index (χ0n) is 12.0. The van der Waals surface area contributed by atoms with Gasteiger partial charge in [0.05, 0.1) is 0 Å². The average Bonchev–Trinajstić information content (AvgIpc) is 2.53. The highest BCUT2D eigenvalue weighted by molar-refractivity contribution is 5.89.